The molecule has 2 aromatic heterocycles. The molecule has 0 saturated heterocycles. The summed E-state index contributed by atoms with van der Waals surface area (Å²) in [6.07, 6.45) is 2.67. The van der Waals surface area contributed by atoms with Crippen LogP contribution < -0.4 is 15.4 Å². The summed E-state index contributed by atoms with van der Waals surface area (Å²) in [4.78, 5) is 32.1. The Kier molecular flexibility index (Phi) is 5.76. The van der Waals surface area contributed by atoms with E-state index in [4.69, 9.17) is 4.74 Å². The van der Waals surface area contributed by atoms with Crippen LogP contribution in [0.1, 0.15) is 26.4 Å². The van der Waals surface area contributed by atoms with Gasteiger partial charge in [0.1, 0.15) is 11.4 Å². The van der Waals surface area contributed by atoms with Crippen molar-refractivity contribution in [1.82, 2.24) is 15.3 Å². The average molecular weight is 420 g/mol. The smallest absolute Gasteiger partial charge is 0.270 e. The quantitative estimate of drug-likeness (QED) is 0.423. The van der Waals surface area contributed by atoms with Crippen molar-refractivity contribution in [2.45, 2.75) is 6.42 Å². The van der Waals surface area contributed by atoms with Crippen LogP contribution in [-0.4, -0.2) is 35.4 Å². The van der Waals surface area contributed by atoms with Gasteiger partial charge in [0.2, 0.25) is 0 Å². The van der Waals surface area contributed by atoms with Gasteiger partial charge in [0, 0.05) is 34.6 Å². The summed E-state index contributed by atoms with van der Waals surface area (Å²) in [5.74, 6) is 0.113. The van der Waals surface area contributed by atoms with Crippen LogP contribution >= 0.6 is 11.3 Å². The zero-order valence-electron chi connectivity index (χ0n) is 16.3. The van der Waals surface area contributed by atoms with Crippen LogP contribution in [0, 0.1) is 0 Å². The highest BCUT2D eigenvalue weighted by atomic mass is 32.1. The summed E-state index contributed by atoms with van der Waals surface area (Å²) in [5.41, 5.74) is 2.99. The lowest BCUT2D eigenvalue weighted by atomic mass is 10.1. The van der Waals surface area contributed by atoms with E-state index in [0.717, 1.165) is 16.5 Å². The average Bonchev–Trinajstić information content (AvgIpc) is 3.41. The molecule has 0 aliphatic heterocycles. The molecule has 4 rings (SSSR count). The van der Waals surface area contributed by atoms with E-state index in [1.165, 1.54) is 11.3 Å². The molecule has 30 heavy (non-hydrogen) atoms. The number of hydrogen-bond donors (Lipinski definition) is 3. The van der Waals surface area contributed by atoms with Gasteiger partial charge < -0.3 is 15.0 Å². The number of fused-ring (bicyclic) bond motifs is 1. The lowest BCUT2D eigenvalue weighted by molar-refractivity contribution is 0.0948. The minimum Gasteiger partial charge on any atom is -0.497 e. The highest BCUT2D eigenvalue weighted by molar-refractivity contribution is 7.14. The number of para-hydroxylation sites is 1. The molecule has 3 N–H and O–H groups in total. The van der Waals surface area contributed by atoms with Crippen molar-refractivity contribution in [3.8, 4) is 5.75 Å². The fourth-order valence-corrected chi connectivity index (χ4v) is 3.77. The van der Waals surface area contributed by atoms with Crippen molar-refractivity contribution in [1.29, 1.82) is 0 Å². The summed E-state index contributed by atoms with van der Waals surface area (Å²) >= 11 is 1.21. The predicted octanol–water partition coefficient (Wildman–Crippen LogP) is 3.86. The number of aromatic amines is 1. The first-order valence-electron chi connectivity index (χ1n) is 9.38. The number of amides is 2. The van der Waals surface area contributed by atoms with Crippen LogP contribution in [-0.2, 0) is 6.42 Å². The molecule has 4 aromatic rings. The van der Waals surface area contributed by atoms with Crippen LogP contribution in [0.15, 0.2) is 60.1 Å². The Morgan fingerprint density at radius 3 is 2.70 bits per heavy atom. The topological polar surface area (TPSA) is 96.1 Å². The Morgan fingerprint density at radius 1 is 1.10 bits per heavy atom. The van der Waals surface area contributed by atoms with E-state index in [1.807, 2.05) is 24.4 Å². The van der Waals surface area contributed by atoms with Gasteiger partial charge in [-0.2, -0.15) is 0 Å². The van der Waals surface area contributed by atoms with Gasteiger partial charge in [0.15, 0.2) is 5.13 Å². The van der Waals surface area contributed by atoms with Crippen molar-refractivity contribution in [2.24, 2.45) is 0 Å². The van der Waals surface area contributed by atoms with Crippen LogP contribution in [0.4, 0.5) is 5.13 Å². The highest BCUT2D eigenvalue weighted by Gasteiger charge is 2.13. The monoisotopic (exact) mass is 420 g/mol. The second-order valence-corrected chi connectivity index (χ2v) is 7.44. The van der Waals surface area contributed by atoms with E-state index in [9.17, 15) is 9.59 Å². The van der Waals surface area contributed by atoms with Crippen LogP contribution in [0.5, 0.6) is 5.75 Å². The number of benzene rings is 2. The third kappa shape index (κ3) is 4.33. The standard InChI is InChI=1S/C22H20N4O3S/c1-29-16-8-6-14(7-9-16)20(27)26-22-25-19(13-30-22)21(28)23-11-10-15-12-24-18-5-3-2-4-17(15)18/h2-9,12-13,24H,10-11H2,1H3,(H,23,28)(H,25,26,27). The minimum atomic E-state index is -0.293. The molecule has 0 unspecified atom stereocenters. The van der Waals surface area contributed by atoms with Crippen molar-refractivity contribution in [2.75, 3.05) is 19.0 Å². The van der Waals surface area contributed by atoms with Gasteiger partial charge >= 0.3 is 0 Å². The predicted molar refractivity (Wildman–Crippen MR) is 117 cm³/mol. The first-order chi connectivity index (χ1) is 14.6. The number of H-pyrrole nitrogens is 1. The molecular weight excluding hydrogens is 400 g/mol. The van der Waals surface area contributed by atoms with E-state index in [-0.39, 0.29) is 17.5 Å². The van der Waals surface area contributed by atoms with Crippen molar-refractivity contribution >= 4 is 39.2 Å². The normalized spacial score (nSPS) is 10.7. The molecule has 0 saturated carbocycles. The molecule has 2 amide bonds. The molecule has 0 aliphatic rings. The number of aromatic nitrogens is 2. The SMILES string of the molecule is COc1ccc(C(=O)Nc2nc(C(=O)NCCc3c[nH]c4ccccc34)cs2)cc1. The lowest BCUT2D eigenvalue weighted by Crippen LogP contribution is -2.26. The number of nitrogens with one attached hydrogen (secondary N) is 3. The molecule has 0 bridgehead atoms. The molecule has 2 heterocycles. The van der Waals surface area contributed by atoms with Crippen LogP contribution in [0.2, 0.25) is 0 Å². The zero-order chi connectivity index (χ0) is 20.9. The van der Waals surface area contributed by atoms with E-state index < -0.39 is 0 Å². The maximum atomic E-state index is 12.4. The fourth-order valence-electron chi connectivity index (χ4n) is 3.09. The Labute approximate surface area is 177 Å². The molecule has 0 radical (unpaired) electrons. The summed E-state index contributed by atoms with van der Waals surface area (Å²) in [6, 6.07) is 14.8. The Bertz CT molecular complexity index is 1180. The molecule has 7 nitrogen and oxygen atoms in total. The van der Waals surface area contributed by atoms with E-state index in [0.29, 0.717) is 29.4 Å². The molecule has 0 atom stereocenters. The second kappa shape index (κ2) is 8.79. The number of carbonyl (C=O) groups excluding carboxylic acids is 2. The van der Waals surface area contributed by atoms with Crippen molar-refractivity contribution in [3.05, 3.63) is 76.9 Å². The molecule has 0 aliphatic carbocycles. The first kappa shape index (κ1) is 19.7. The molecule has 152 valence electrons. The Morgan fingerprint density at radius 2 is 1.90 bits per heavy atom. The number of ether oxygens (including phenoxy) is 1. The summed E-state index contributed by atoms with van der Waals surface area (Å²) in [6.45, 7) is 0.492. The van der Waals surface area contributed by atoms with Gasteiger partial charge in [0.25, 0.3) is 11.8 Å². The lowest BCUT2D eigenvalue weighted by Gasteiger charge is -2.04. The minimum absolute atomic E-state index is 0.268. The zero-order valence-corrected chi connectivity index (χ0v) is 17.1. The second-order valence-electron chi connectivity index (χ2n) is 6.59. The Balaban J connectivity index is 1.31. The number of carbonyl (C=O) groups is 2. The van der Waals surface area contributed by atoms with Gasteiger partial charge in [-0.15, -0.1) is 11.3 Å². The molecule has 8 heteroatoms. The number of methoxy groups -OCH3 is 1. The molecule has 0 spiro atoms. The largest absolute Gasteiger partial charge is 0.497 e. The first-order valence-corrected chi connectivity index (χ1v) is 10.3. The van der Waals surface area contributed by atoms with Gasteiger partial charge in [-0.05, 0) is 42.3 Å². The third-order valence-corrected chi connectivity index (χ3v) is 5.42. The molecule has 0 fully saturated rings. The summed E-state index contributed by atoms with van der Waals surface area (Å²) in [5, 5.41) is 8.75. The molecular formula is C22H20N4O3S. The van der Waals surface area contributed by atoms with Gasteiger partial charge in [-0.1, -0.05) is 18.2 Å². The van der Waals surface area contributed by atoms with Gasteiger partial charge in [-0.3, -0.25) is 14.9 Å². The third-order valence-electron chi connectivity index (χ3n) is 4.66. The van der Waals surface area contributed by atoms with Crippen LogP contribution in [0.25, 0.3) is 10.9 Å². The number of hydrogen-bond acceptors (Lipinski definition) is 5. The molecule has 2 aromatic carbocycles. The maximum absolute atomic E-state index is 12.4. The summed E-state index contributed by atoms with van der Waals surface area (Å²) in [7, 11) is 1.57. The number of anilines is 1. The number of nitrogens with zero attached hydrogens (tertiary/aromatic N) is 1. The van der Waals surface area contributed by atoms with Crippen molar-refractivity contribution in [3.63, 3.8) is 0 Å². The Hall–Kier alpha value is -3.65. The van der Waals surface area contributed by atoms with Gasteiger partial charge in [-0.25, -0.2) is 4.98 Å². The highest BCUT2D eigenvalue weighted by Crippen LogP contribution is 2.19. The van der Waals surface area contributed by atoms with E-state index in [2.05, 4.69) is 26.7 Å². The number of rotatable bonds is 7. The van der Waals surface area contributed by atoms with Gasteiger partial charge in [0.05, 0.1) is 7.11 Å². The van der Waals surface area contributed by atoms with Crippen molar-refractivity contribution < 1.29 is 14.3 Å². The van der Waals surface area contributed by atoms with E-state index in [1.54, 1.807) is 36.8 Å². The summed E-state index contributed by atoms with van der Waals surface area (Å²) < 4.78 is 5.09. The van der Waals surface area contributed by atoms with Crippen LogP contribution in [0.3, 0.4) is 0 Å². The maximum Gasteiger partial charge on any atom is 0.270 e. The fraction of sp³-hybridized carbons (Fsp3) is 0.136. The number of thiazole rings is 1. The van der Waals surface area contributed by atoms with E-state index >= 15 is 0 Å².